The van der Waals surface area contributed by atoms with Gasteiger partial charge in [0.15, 0.2) is 0 Å². The highest BCUT2D eigenvalue weighted by Gasteiger charge is 2.62. The molecule has 15 heteroatoms. The second-order valence-electron chi connectivity index (χ2n) is 18.5. The predicted molar refractivity (Wildman–Crippen MR) is 220 cm³/mol. The summed E-state index contributed by atoms with van der Waals surface area (Å²) in [7, 11) is -2.22. The number of carbonyl (C=O) groups is 4. The topological polar surface area (TPSA) is 182 Å². The normalized spacial score (nSPS) is 28.9. The van der Waals surface area contributed by atoms with Crippen LogP contribution in [0.15, 0.2) is 24.8 Å². The molecule has 0 unspecified atom stereocenters. The molecule has 1 aromatic heterocycles. The van der Waals surface area contributed by atoms with Crippen molar-refractivity contribution in [3.05, 3.63) is 41.6 Å². The van der Waals surface area contributed by atoms with Gasteiger partial charge in [-0.1, -0.05) is 39.2 Å². The minimum atomic E-state index is -3.90. The summed E-state index contributed by atoms with van der Waals surface area (Å²) in [6.45, 7) is 8.12. The SMILES string of the molecule is C=C[C@@H]1C[C@]1(NC(=O)[C@@H]1C[C@@H]2CN1C(=O)[C@H](C1CCCCC1)NC(=O)OCC(C)(C)CCCc1cc3c(nc4c(c3cc1OC)CCCC4)O2)C(=O)NS(=O)(=O)C1CC1. The molecule has 2 aliphatic heterocycles. The van der Waals surface area contributed by atoms with Crippen LogP contribution in [0.25, 0.3) is 10.8 Å². The second-order valence-corrected chi connectivity index (χ2v) is 20.5. The monoisotopic (exact) mass is 833 g/mol. The second kappa shape index (κ2) is 16.2. The van der Waals surface area contributed by atoms with Gasteiger partial charge in [0.25, 0.3) is 5.91 Å². The number of aromatic nitrogens is 1. The summed E-state index contributed by atoms with van der Waals surface area (Å²) >= 11 is 0. The van der Waals surface area contributed by atoms with Crippen LogP contribution in [0.3, 0.4) is 0 Å². The molecule has 2 aromatic rings. The predicted octanol–water partition coefficient (Wildman–Crippen LogP) is 5.18. The average molecular weight is 834 g/mol. The van der Waals surface area contributed by atoms with E-state index in [1.54, 1.807) is 7.11 Å². The Hall–Kier alpha value is -4.40. The van der Waals surface area contributed by atoms with Gasteiger partial charge in [0.1, 0.15) is 29.5 Å². The van der Waals surface area contributed by atoms with Crippen LogP contribution in [-0.4, -0.2) is 91.4 Å². The number of benzene rings is 1. The van der Waals surface area contributed by atoms with Gasteiger partial charge in [-0.05, 0) is 117 Å². The van der Waals surface area contributed by atoms with Crippen LogP contribution in [0.2, 0.25) is 0 Å². The number of ether oxygens (including phenoxy) is 3. The summed E-state index contributed by atoms with van der Waals surface area (Å²) in [5.74, 6) is -1.31. The maximum Gasteiger partial charge on any atom is 0.407 e. The fourth-order valence-corrected chi connectivity index (χ4v) is 11.2. The Morgan fingerprint density at radius 1 is 1.02 bits per heavy atom. The summed E-state index contributed by atoms with van der Waals surface area (Å²) < 4.78 is 46.5. The molecule has 0 radical (unpaired) electrons. The first kappa shape index (κ1) is 41.3. The fraction of sp³-hybridized carbons (Fsp3) is 0.659. The zero-order chi connectivity index (χ0) is 41.7. The highest BCUT2D eigenvalue weighted by Crippen LogP contribution is 2.46. The number of rotatable bonds is 8. The van der Waals surface area contributed by atoms with Crippen molar-refractivity contribution in [2.24, 2.45) is 17.3 Å². The molecule has 1 aromatic carbocycles. The zero-order valence-corrected chi connectivity index (χ0v) is 35.4. The van der Waals surface area contributed by atoms with Gasteiger partial charge >= 0.3 is 6.09 Å². The molecule has 5 atom stereocenters. The number of alkyl carbamates (subject to hydrolysis) is 1. The average Bonchev–Trinajstić information content (AvgIpc) is 4.15. The molecule has 4 bridgehead atoms. The fourth-order valence-electron chi connectivity index (χ4n) is 9.85. The number of aryl methyl sites for hydroxylation is 3. The lowest BCUT2D eigenvalue weighted by atomic mass is 9.83. The van der Waals surface area contributed by atoms with E-state index in [9.17, 15) is 27.6 Å². The number of pyridine rings is 1. The van der Waals surface area contributed by atoms with Crippen LogP contribution in [0.1, 0.15) is 114 Å². The summed E-state index contributed by atoms with van der Waals surface area (Å²) in [5.41, 5.74) is 1.26. The van der Waals surface area contributed by atoms with Crippen molar-refractivity contribution in [2.75, 3.05) is 20.3 Å². The molecule has 1 saturated heterocycles. The smallest absolute Gasteiger partial charge is 0.407 e. The number of cyclic esters (lactones) is 1. The first-order chi connectivity index (χ1) is 28.2. The number of nitrogens with zero attached hydrogens (tertiary/aromatic N) is 2. The Morgan fingerprint density at radius 3 is 2.49 bits per heavy atom. The minimum absolute atomic E-state index is 0.0211. The van der Waals surface area contributed by atoms with Crippen molar-refractivity contribution < 1.29 is 41.8 Å². The zero-order valence-electron chi connectivity index (χ0n) is 34.6. The number of carbonyl (C=O) groups excluding carboxylic acids is 4. The van der Waals surface area contributed by atoms with Crippen LogP contribution in [0.5, 0.6) is 11.6 Å². The number of hydrogen-bond acceptors (Lipinski definition) is 10. The van der Waals surface area contributed by atoms with Crippen molar-refractivity contribution in [3.8, 4) is 11.6 Å². The third-order valence-corrected chi connectivity index (χ3v) is 15.4. The van der Waals surface area contributed by atoms with Crippen molar-refractivity contribution in [1.29, 1.82) is 0 Å². The lowest BCUT2D eigenvalue weighted by Crippen LogP contribution is -2.59. The van der Waals surface area contributed by atoms with Crippen molar-refractivity contribution >= 4 is 44.6 Å². The Labute approximate surface area is 347 Å². The lowest BCUT2D eigenvalue weighted by Gasteiger charge is -2.35. The molecule has 3 heterocycles. The summed E-state index contributed by atoms with van der Waals surface area (Å²) in [4.78, 5) is 63.5. The molecule has 59 heavy (non-hydrogen) atoms. The van der Waals surface area contributed by atoms with E-state index < -0.39 is 68.7 Å². The van der Waals surface area contributed by atoms with E-state index >= 15 is 0 Å². The molecule has 14 nitrogen and oxygen atoms in total. The lowest BCUT2D eigenvalue weighted by molar-refractivity contribution is -0.142. The molecule has 3 N–H and O–H groups in total. The maximum absolute atomic E-state index is 15.0. The summed E-state index contributed by atoms with van der Waals surface area (Å²) in [5, 5.41) is 7.05. The van der Waals surface area contributed by atoms with Crippen molar-refractivity contribution in [1.82, 2.24) is 25.2 Å². The van der Waals surface area contributed by atoms with Gasteiger partial charge < -0.3 is 29.7 Å². The van der Waals surface area contributed by atoms with Gasteiger partial charge in [-0.15, -0.1) is 6.58 Å². The minimum Gasteiger partial charge on any atom is -0.496 e. The Bertz CT molecular complexity index is 2130. The van der Waals surface area contributed by atoms with E-state index in [0.717, 1.165) is 98.4 Å². The molecule has 6 aliphatic rings. The molecule has 8 rings (SSSR count). The molecule has 4 amide bonds. The highest BCUT2D eigenvalue weighted by molar-refractivity contribution is 7.91. The van der Waals surface area contributed by atoms with Crippen molar-refractivity contribution in [3.63, 3.8) is 0 Å². The van der Waals surface area contributed by atoms with E-state index in [-0.39, 0.29) is 37.3 Å². The van der Waals surface area contributed by atoms with Gasteiger partial charge in [0, 0.05) is 23.4 Å². The number of sulfonamides is 1. The van der Waals surface area contributed by atoms with Crippen molar-refractivity contribution in [2.45, 2.75) is 146 Å². The molecule has 320 valence electrons. The van der Waals surface area contributed by atoms with Gasteiger partial charge in [-0.2, -0.15) is 0 Å². The largest absolute Gasteiger partial charge is 0.496 e. The van der Waals surface area contributed by atoms with E-state index in [0.29, 0.717) is 25.1 Å². The van der Waals surface area contributed by atoms with Crippen LogP contribution in [-0.2, 0) is 48.4 Å². The van der Waals surface area contributed by atoms with Crippen LogP contribution in [0, 0.1) is 17.3 Å². The third-order valence-electron chi connectivity index (χ3n) is 13.6. The summed E-state index contributed by atoms with van der Waals surface area (Å²) in [6, 6.07) is 2.13. The molecule has 4 aliphatic carbocycles. The first-order valence-electron chi connectivity index (χ1n) is 21.7. The first-order valence-corrected chi connectivity index (χ1v) is 23.2. The molecule has 4 fully saturated rings. The van der Waals surface area contributed by atoms with E-state index in [4.69, 9.17) is 19.2 Å². The van der Waals surface area contributed by atoms with Crippen LogP contribution in [0.4, 0.5) is 4.79 Å². The molecule has 3 saturated carbocycles. The van der Waals surface area contributed by atoms with Crippen LogP contribution < -0.4 is 24.8 Å². The number of fused-ring (bicyclic) bond motifs is 5. The van der Waals surface area contributed by atoms with E-state index in [2.05, 4.69) is 47.9 Å². The number of amides is 4. The van der Waals surface area contributed by atoms with Crippen LogP contribution >= 0.6 is 0 Å². The number of methoxy groups -OCH3 is 1. The van der Waals surface area contributed by atoms with E-state index in [1.165, 1.54) is 16.5 Å². The Balaban J connectivity index is 1.17. The number of nitrogens with one attached hydrogen (secondary N) is 3. The highest BCUT2D eigenvalue weighted by atomic mass is 32.2. The Morgan fingerprint density at radius 2 is 1.78 bits per heavy atom. The third kappa shape index (κ3) is 8.50. The number of hydrogen-bond donors (Lipinski definition) is 3. The van der Waals surface area contributed by atoms with Gasteiger partial charge in [0.2, 0.25) is 27.7 Å². The van der Waals surface area contributed by atoms with Gasteiger partial charge in [0.05, 0.1) is 25.5 Å². The van der Waals surface area contributed by atoms with E-state index in [1.807, 2.05) is 0 Å². The van der Waals surface area contributed by atoms with Gasteiger partial charge in [-0.25, -0.2) is 18.2 Å². The molecular weight excluding hydrogens is 775 g/mol. The van der Waals surface area contributed by atoms with Gasteiger partial charge in [-0.3, -0.25) is 19.1 Å². The Kier molecular flexibility index (Phi) is 11.4. The molecule has 0 spiro atoms. The molecular formula is C44H59N5O9S. The standard InChI is InChI=1S/C44H59N5O9S/c1-5-28-23-44(28,41(52)48-59(54,55)30-17-18-30)47-38(50)35-21-29-24-49(35)40(51)37(26-12-7-6-8-13-26)46-42(53)57-25-43(2,3)19-11-14-27-20-33-32(22-36(27)56-4)31-15-9-10-16-34(31)45-39(33)58-29/h5,20,22,26,28-30,35,37H,1,6-19,21,23-25H2,2-4H3,(H,46,53)(H,47,50)(H,48,52)/t28-,29-,35+,37+,44-/m1/s1. The quantitative estimate of drug-likeness (QED) is 0.300. The maximum atomic E-state index is 15.0. The summed E-state index contributed by atoms with van der Waals surface area (Å²) in [6.07, 6.45) is 11.7.